The summed E-state index contributed by atoms with van der Waals surface area (Å²) in [4.78, 5) is 25.8. The fraction of sp³-hybridized carbons (Fsp3) is 0.407. The third-order valence-corrected chi connectivity index (χ3v) is 6.18. The minimum absolute atomic E-state index is 0.384. The molecule has 0 saturated carbocycles. The summed E-state index contributed by atoms with van der Waals surface area (Å²) in [6.45, 7) is 10.3. The van der Waals surface area contributed by atoms with Crippen LogP contribution in [0.3, 0.4) is 0 Å². The van der Waals surface area contributed by atoms with Gasteiger partial charge in [0.1, 0.15) is 6.61 Å². The SMILES string of the molecule is COCCOc1ccc2c(N3CCN[C@H](C)C3)ccc(C)c2n1.COc1nc(NC=O)cn2cc(C)nc12. The van der Waals surface area contributed by atoms with E-state index < -0.39 is 0 Å². The molecule has 1 aromatic carbocycles. The van der Waals surface area contributed by atoms with Gasteiger partial charge in [-0.2, -0.15) is 4.98 Å². The van der Waals surface area contributed by atoms with E-state index in [0.29, 0.717) is 48.9 Å². The minimum atomic E-state index is 0.384. The number of hydrogen-bond donors (Lipinski definition) is 2. The first-order valence-corrected chi connectivity index (χ1v) is 12.5. The molecule has 5 rings (SSSR count). The Morgan fingerprint density at radius 1 is 1.11 bits per heavy atom. The zero-order valence-electron chi connectivity index (χ0n) is 22.5. The highest BCUT2D eigenvalue weighted by atomic mass is 16.5. The monoisotopic (exact) mass is 521 g/mol. The van der Waals surface area contributed by atoms with E-state index in [1.54, 1.807) is 17.7 Å². The Morgan fingerprint density at radius 3 is 2.68 bits per heavy atom. The van der Waals surface area contributed by atoms with Crippen LogP contribution in [0.4, 0.5) is 11.5 Å². The number of nitrogens with one attached hydrogen (secondary N) is 2. The molecule has 1 atom stereocenters. The Balaban J connectivity index is 0.000000194. The van der Waals surface area contributed by atoms with E-state index in [-0.39, 0.29) is 0 Å². The second-order valence-electron chi connectivity index (χ2n) is 9.10. The van der Waals surface area contributed by atoms with Crippen molar-refractivity contribution >= 4 is 34.5 Å². The molecule has 1 saturated heterocycles. The molecule has 11 nitrogen and oxygen atoms in total. The summed E-state index contributed by atoms with van der Waals surface area (Å²) < 4.78 is 17.5. The van der Waals surface area contributed by atoms with Crippen LogP contribution >= 0.6 is 0 Å². The number of amides is 1. The van der Waals surface area contributed by atoms with Crippen molar-refractivity contribution in [2.45, 2.75) is 26.8 Å². The molecule has 4 heterocycles. The lowest BCUT2D eigenvalue weighted by molar-refractivity contribution is -0.105. The Morgan fingerprint density at radius 2 is 1.95 bits per heavy atom. The van der Waals surface area contributed by atoms with Crippen molar-refractivity contribution in [1.82, 2.24) is 24.7 Å². The molecular formula is C27H35N7O4. The van der Waals surface area contributed by atoms with E-state index in [9.17, 15) is 4.79 Å². The topological polar surface area (TPSA) is 115 Å². The van der Waals surface area contributed by atoms with Gasteiger partial charge in [-0.15, -0.1) is 0 Å². The zero-order valence-corrected chi connectivity index (χ0v) is 22.5. The summed E-state index contributed by atoms with van der Waals surface area (Å²) in [5.41, 5.74) is 4.94. The van der Waals surface area contributed by atoms with Crippen LogP contribution in [0.25, 0.3) is 16.6 Å². The minimum Gasteiger partial charge on any atom is -0.478 e. The zero-order chi connectivity index (χ0) is 27.1. The van der Waals surface area contributed by atoms with Crippen LogP contribution in [0, 0.1) is 13.8 Å². The standard InChI is InChI=1S/C18H25N3O2.C9H10N4O2/c1-13-4-6-16(21-9-8-19-14(2)12-21)15-5-7-17(20-18(13)15)23-11-10-22-3;1-6-3-13-4-7(10-5-14)12-9(15-2)8(13)11-6/h4-7,14,19H,8-12H2,1-3H3;3-5H,1-2H3,(H,10,14)/t14-;/m1./s1. The van der Waals surface area contributed by atoms with Crippen molar-refractivity contribution in [2.75, 3.05) is 57.3 Å². The number of ether oxygens (including phenoxy) is 3. The molecule has 4 aromatic rings. The molecule has 11 heteroatoms. The predicted molar refractivity (Wildman–Crippen MR) is 147 cm³/mol. The van der Waals surface area contributed by atoms with Crippen LogP contribution in [0.1, 0.15) is 18.2 Å². The van der Waals surface area contributed by atoms with Gasteiger partial charge in [0.05, 0.1) is 31.1 Å². The molecule has 1 aliphatic rings. The number of carbonyl (C=O) groups is 1. The maximum Gasteiger partial charge on any atom is 0.260 e. The second-order valence-corrected chi connectivity index (χ2v) is 9.10. The molecule has 0 radical (unpaired) electrons. The van der Waals surface area contributed by atoms with Gasteiger partial charge in [-0.3, -0.25) is 9.20 Å². The molecule has 1 amide bonds. The lowest BCUT2D eigenvalue weighted by Crippen LogP contribution is -2.49. The summed E-state index contributed by atoms with van der Waals surface area (Å²) in [6.07, 6.45) is 4.07. The highest BCUT2D eigenvalue weighted by Gasteiger charge is 2.19. The number of rotatable bonds is 8. The summed E-state index contributed by atoms with van der Waals surface area (Å²) >= 11 is 0. The molecular weight excluding hydrogens is 486 g/mol. The van der Waals surface area contributed by atoms with Crippen molar-refractivity contribution in [3.8, 4) is 11.8 Å². The van der Waals surface area contributed by atoms with Gasteiger partial charge in [0, 0.05) is 56.1 Å². The van der Waals surface area contributed by atoms with Crippen molar-refractivity contribution in [3.63, 3.8) is 0 Å². The lowest BCUT2D eigenvalue weighted by atomic mass is 10.1. The molecule has 2 N–H and O–H groups in total. The fourth-order valence-corrected chi connectivity index (χ4v) is 4.42. The van der Waals surface area contributed by atoms with Crippen LogP contribution in [0.5, 0.6) is 11.8 Å². The number of imidazole rings is 1. The van der Waals surface area contributed by atoms with Gasteiger partial charge in [0.15, 0.2) is 5.82 Å². The van der Waals surface area contributed by atoms with E-state index in [0.717, 1.165) is 30.8 Å². The number of benzene rings is 1. The van der Waals surface area contributed by atoms with Crippen LogP contribution < -0.4 is 25.0 Å². The number of carbonyl (C=O) groups excluding carboxylic acids is 1. The van der Waals surface area contributed by atoms with Crippen LogP contribution in [-0.4, -0.2) is 78.9 Å². The van der Waals surface area contributed by atoms with Crippen LogP contribution in [0.2, 0.25) is 0 Å². The van der Waals surface area contributed by atoms with Gasteiger partial charge < -0.3 is 29.7 Å². The number of aromatic nitrogens is 4. The van der Waals surface area contributed by atoms with Crippen molar-refractivity contribution < 1.29 is 19.0 Å². The maximum atomic E-state index is 10.3. The van der Waals surface area contributed by atoms with E-state index in [2.05, 4.69) is 57.5 Å². The highest BCUT2D eigenvalue weighted by Crippen LogP contribution is 2.30. The van der Waals surface area contributed by atoms with Gasteiger partial charge in [-0.1, -0.05) is 6.07 Å². The molecule has 0 bridgehead atoms. The largest absolute Gasteiger partial charge is 0.478 e. The smallest absolute Gasteiger partial charge is 0.260 e. The van der Waals surface area contributed by atoms with Crippen LogP contribution in [-0.2, 0) is 9.53 Å². The number of aryl methyl sites for hydroxylation is 2. The second kappa shape index (κ2) is 12.5. The van der Waals surface area contributed by atoms with Gasteiger partial charge in [0.2, 0.25) is 17.9 Å². The third-order valence-electron chi connectivity index (χ3n) is 6.18. The summed E-state index contributed by atoms with van der Waals surface area (Å²) in [5.74, 6) is 1.46. The van der Waals surface area contributed by atoms with Crippen molar-refractivity contribution in [3.05, 3.63) is 47.9 Å². The predicted octanol–water partition coefficient (Wildman–Crippen LogP) is 2.98. The quantitative estimate of drug-likeness (QED) is 0.267. The lowest BCUT2D eigenvalue weighted by Gasteiger charge is -2.34. The van der Waals surface area contributed by atoms with E-state index >= 15 is 0 Å². The molecule has 38 heavy (non-hydrogen) atoms. The summed E-state index contributed by atoms with van der Waals surface area (Å²) in [7, 11) is 3.18. The number of hydrogen-bond acceptors (Lipinski definition) is 9. The van der Waals surface area contributed by atoms with E-state index in [1.165, 1.54) is 23.7 Å². The van der Waals surface area contributed by atoms with Crippen LogP contribution in [0.15, 0.2) is 36.7 Å². The average molecular weight is 522 g/mol. The summed E-state index contributed by atoms with van der Waals surface area (Å²) in [6, 6.07) is 8.94. The number of fused-ring (bicyclic) bond motifs is 2. The molecule has 0 aliphatic carbocycles. The Labute approximate surface area is 222 Å². The molecule has 1 aliphatic heterocycles. The van der Waals surface area contributed by atoms with Gasteiger partial charge in [-0.05, 0) is 38.5 Å². The maximum absolute atomic E-state index is 10.3. The fourth-order valence-electron chi connectivity index (χ4n) is 4.42. The first-order valence-electron chi connectivity index (χ1n) is 12.5. The number of pyridine rings is 1. The Hall–Kier alpha value is -3.96. The average Bonchev–Trinajstić information content (AvgIpc) is 3.29. The number of anilines is 2. The van der Waals surface area contributed by atoms with Gasteiger partial charge in [0.25, 0.3) is 5.88 Å². The number of piperazine rings is 1. The number of nitrogens with zero attached hydrogens (tertiary/aromatic N) is 5. The molecule has 3 aromatic heterocycles. The number of methoxy groups -OCH3 is 2. The Kier molecular flexibility index (Phi) is 8.93. The molecule has 202 valence electrons. The normalized spacial score (nSPS) is 15.2. The summed E-state index contributed by atoms with van der Waals surface area (Å²) in [5, 5.41) is 7.15. The first-order chi connectivity index (χ1) is 18.4. The van der Waals surface area contributed by atoms with E-state index in [4.69, 9.17) is 19.2 Å². The van der Waals surface area contributed by atoms with Gasteiger partial charge in [-0.25, -0.2) is 9.97 Å². The van der Waals surface area contributed by atoms with Gasteiger partial charge >= 0.3 is 0 Å². The highest BCUT2D eigenvalue weighted by molar-refractivity contribution is 5.94. The van der Waals surface area contributed by atoms with E-state index in [1.807, 2.05) is 19.2 Å². The molecule has 0 spiro atoms. The first kappa shape index (κ1) is 27.1. The third kappa shape index (κ3) is 6.29. The Bertz CT molecular complexity index is 1390. The molecule has 1 fully saturated rings. The molecule has 0 unspecified atom stereocenters. The van der Waals surface area contributed by atoms with Crippen molar-refractivity contribution in [1.29, 1.82) is 0 Å². The van der Waals surface area contributed by atoms with Crippen molar-refractivity contribution in [2.24, 2.45) is 0 Å².